The van der Waals surface area contributed by atoms with Crippen LogP contribution in [0.1, 0.15) is 48.0 Å². The number of hydrogen-bond donors (Lipinski definition) is 1. The van der Waals surface area contributed by atoms with Gasteiger partial charge in [0.15, 0.2) is 12.2 Å². The predicted molar refractivity (Wildman–Crippen MR) is 117 cm³/mol. The van der Waals surface area contributed by atoms with E-state index in [-0.39, 0.29) is 6.42 Å². The van der Waals surface area contributed by atoms with Crippen LogP contribution >= 0.6 is 0 Å². The minimum absolute atomic E-state index is 0.202. The van der Waals surface area contributed by atoms with Crippen molar-refractivity contribution < 1.29 is 61.9 Å². The second-order valence-electron chi connectivity index (χ2n) is 8.08. The molecule has 0 aromatic carbocycles. The fourth-order valence-corrected chi connectivity index (χ4v) is 3.67. The summed E-state index contributed by atoms with van der Waals surface area (Å²) in [6, 6.07) is -1.16. The number of rotatable bonds is 11. The van der Waals surface area contributed by atoms with E-state index in [4.69, 9.17) is 33.2 Å². The highest BCUT2D eigenvalue weighted by Gasteiger charge is 2.55. The SMILES string of the molecule is CO[C@@]1(COC(C)=O)C[C@H](OC(C)=O)[C@@H](NC(C)=O)[C@H]([C@H](OC(C)=O)[C@@H](COC(C)=O)OC(C)=O)O1. The molecule has 14 heteroatoms. The number of carbonyl (C=O) groups is 6. The molecular formula is C22H33NO13. The van der Waals surface area contributed by atoms with E-state index in [1.54, 1.807) is 0 Å². The average Bonchev–Trinajstić information content (AvgIpc) is 2.74. The standard InChI is InChI=1S/C22H33NO13/c1-11(24)23-19-17(33-14(4)27)8-22(30-7,10-32-13(3)26)36-21(19)20(35-16(6)29)18(34-15(5)28)9-31-12(2)25/h17-21H,8-10H2,1-7H3,(H,23,24)/t17-,18+,19+,20+,21+,22-/m0/s1. The lowest BCUT2D eigenvalue weighted by molar-refractivity contribution is -0.324. The summed E-state index contributed by atoms with van der Waals surface area (Å²) in [5.41, 5.74) is 0. The molecule has 0 radical (unpaired) electrons. The molecule has 1 rings (SSSR count). The zero-order chi connectivity index (χ0) is 27.6. The Kier molecular flexibility index (Phi) is 11.7. The Balaban J connectivity index is 3.67. The van der Waals surface area contributed by atoms with Gasteiger partial charge < -0.3 is 38.5 Å². The summed E-state index contributed by atoms with van der Waals surface area (Å²) in [7, 11) is 1.24. The van der Waals surface area contributed by atoms with Crippen LogP contribution in [0, 0.1) is 0 Å². The Bertz CT molecular complexity index is 844. The number of nitrogens with one attached hydrogen (secondary N) is 1. The molecule has 0 unspecified atom stereocenters. The van der Waals surface area contributed by atoms with E-state index >= 15 is 0 Å². The van der Waals surface area contributed by atoms with Gasteiger partial charge in [0, 0.05) is 55.1 Å². The largest absolute Gasteiger partial charge is 0.462 e. The molecule has 0 aromatic heterocycles. The Hall–Kier alpha value is -3.26. The van der Waals surface area contributed by atoms with Gasteiger partial charge >= 0.3 is 29.8 Å². The smallest absolute Gasteiger partial charge is 0.303 e. The molecule has 0 spiro atoms. The first kappa shape index (κ1) is 30.8. The summed E-state index contributed by atoms with van der Waals surface area (Å²) in [4.78, 5) is 70.8. The van der Waals surface area contributed by atoms with Crippen LogP contribution in [-0.2, 0) is 61.9 Å². The summed E-state index contributed by atoms with van der Waals surface area (Å²) in [6.45, 7) is 5.77. The van der Waals surface area contributed by atoms with E-state index in [0.717, 1.165) is 34.6 Å². The molecular weight excluding hydrogens is 486 g/mol. The molecule has 1 aliphatic rings. The van der Waals surface area contributed by atoms with Crippen LogP contribution in [-0.4, -0.2) is 92.3 Å². The zero-order valence-corrected chi connectivity index (χ0v) is 21.3. The van der Waals surface area contributed by atoms with Crippen molar-refractivity contribution >= 4 is 35.8 Å². The Morgan fingerprint density at radius 2 is 1.44 bits per heavy atom. The van der Waals surface area contributed by atoms with Crippen molar-refractivity contribution in [3.8, 4) is 0 Å². The van der Waals surface area contributed by atoms with E-state index < -0.39 is 85.2 Å². The normalized spacial score (nSPS) is 24.9. The van der Waals surface area contributed by atoms with Gasteiger partial charge in [-0.05, 0) is 0 Å². The van der Waals surface area contributed by atoms with Crippen molar-refractivity contribution in [3.63, 3.8) is 0 Å². The van der Waals surface area contributed by atoms with Gasteiger partial charge in [-0.25, -0.2) is 0 Å². The summed E-state index contributed by atoms with van der Waals surface area (Å²) in [6.07, 6.45) is -5.66. The Labute approximate surface area is 208 Å². The van der Waals surface area contributed by atoms with E-state index in [2.05, 4.69) is 5.32 Å². The van der Waals surface area contributed by atoms with Gasteiger partial charge in [0.25, 0.3) is 0 Å². The highest BCUT2D eigenvalue weighted by Crippen LogP contribution is 2.36. The Morgan fingerprint density at radius 3 is 1.89 bits per heavy atom. The van der Waals surface area contributed by atoms with Crippen molar-refractivity contribution in [2.45, 2.75) is 84.2 Å². The molecule has 1 fully saturated rings. The van der Waals surface area contributed by atoms with Gasteiger partial charge in [-0.15, -0.1) is 0 Å². The van der Waals surface area contributed by atoms with Crippen LogP contribution in [0.5, 0.6) is 0 Å². The highest BCUT2D eigenvalue weighted by atomic mass is 16.7. The molecule has 1 saturated heterocycles. The van der Waals surface area contributed by atoms with Crippen LogP contribution in [0.25, 0.3) is 0 Å². The van der Waals surface area contributed by atoms with Gasteiger partial charge in [0.05, 0.1) is 6.04 Å². The van der Waals surface area contributed by atoms with E-state index in [0.29, 0.717) is 0 Å². The first-order chi connectivity index (χ1) is 16.7. The molecule has 1 aliphatic heterocycles. The van der Waals surface area contributed by atoms with Crippen LogP contribution in [0.2, 0.25) is 0 Å². The predicted octanol–water partition coefficient (Wildman–Crippen LogP) is -0.456. The van der Waals surface area contributed by atoms with Gasteiger partial charge in [-0.2, -0.15) is 0 Å². The quantitative estimate of drug-likeness (QED) is 0.274. The molecule has 36 heavy (non-hydrogen) atoms. The second kappa shape index (κ2) is 13.7. The number of hydrogen-bond acceptors (Lipinski definition) is 13. The molecule has 0 aromatic rings. The third-order valence-electron chi connectivity index (χ3n) is 4.93. The number of carbonyl (C=O) groups excluding carboxylic acids is 6. The topological polar surface area (TPSA) is 179 Å². The second-order valence-corrected chi connectivity index (χ2v) is 8.08. The van der Waals surface area contributed by atoms with Gasteiger partial charge in [0.1, 0.15) is 25.4 Å². The summed E-state index contributed by atoms with van der Waals surface area (Å²) < 4.78 is 37.8. The summed E-state index contributed by atoms with van der Waals surface area (Å²) in [5.74, 6) is -6.01. The molecule has 0 aliphatic carbocycles. The molecule has 204 valence electrons. The molecule has 1 amide bonds. The minimum atomic E-state index is -1.73. The first-order valence-electron chi connectivity index (χ1n) is 11.0. The number of esters is 5. The van der Waals surface area contributed by atoms with Crippen LogP contribution in [0.4, 0.5) is 0 Å². The average molecular weight is 520 g/mol. The first-order valence-corrected chi connectivity index (χ1v) is 11.0. The van der Waals surface area contributed by atoms with E-state index in [9.17, 15) is 28.8 Å². The van der Waals surface area contributed by atoms with Gasteiger partial charge in [-0.1, -0.05) is 0 Å². The Morgan fingerprint density at radius 1 is 0.861 bits per heavy atom. The van der Waals surface area contributed by atoms with Gasteiger partial charge in [0.2, 0.25) is 11.7 Å². The molecule has 14 nitrogen and oxygen atoms in total. The molecule has 1 N–H and O–H groups in total. The minimum Gasteiger partial charge on any atom is -0.462 e. The third kappa shape index (κ3) is 9.77. The lowest BCUT2D eigenvalue weighted by atomic mass is 9.88. The van der Waals surface area contributed by atoms with Crippen molar-refractivity contribution in [1.29, 1.82) is 0 Å². The van der Waals surface area contributed by atoms with Crippen molar-refractivity contribution in [2.24, 2.45) is 0 Å². The zero-order valence-electron chi connectivity index (χ0n) is 21.3. The van der Waals surface area contributed by atoms with E-state index in [1.165, 1.54) is 14.0 Å². The van der Waals surface area contributed by atoms with E-state index in [1.807, 2.05) is 0 Å². The maximum Gasteiger partial charge on any atom is 0.303 e. The van der Waals surface area contributed by atoms with Crippen LogP contribution in [0.3, 0.4) is 0 Å². The molecule has 0 saturated carbocycles. The maximum atomic E-state index is 12.1. The maximum absolute atomic E-state index is 12.1. The van der Waals surface area contributed by atoms with Crippen molar-refractivity contribution in [3.05, 3.63) is 0 Å². The fraction of sp³-hybridized carbons (Fsp3) is 0.727. The van der Waals surface area contributed by atoms with Crippen LogP contribution in [0.15, 0.2) is 0 Å². The molecule has 0 bridgehead atoms. The highest BCUT2D eigenvalue weighted by molar-refractivity contribution is 5.74. The lowest BCUT2D eigenvalue weighted by Crippen LogP contribution is -2.68. The van der Waals surface area contributed by atoms with Crippen molar-refractivity contribution in [2.75, 3.05) is 20.3 Å². The fourth-order valence-electron chi connectivity index (χ4n) is 3.67. The summed E-state index contributed by atoms with van der Waals surface area (Å²) >= 11 is 0. The van der Waals surface area contributed by atoms with Crippen molar-refractivity contribution in [1.82, 2.24) is 5.32 Å². The lowest BCUT2D eigenvalue weighted by Gasteiger charge is -2.49. The summed E-state index contributed by atoms with van der Waals surface area (Å²) in [5, 5.41) is 2.60. The van der Waals surface area contributed by atoms with Crippen LogP contribution < -0.4 is 5.32 Å². The van der Waals surface area contributed by atoms with Gasteiger partial charge in [-0.3, -0.25) is 28.8 Å². The molecule has 6 atom stereocenters. The number of methoxy groups -OCH3 is 1. The monoisotopic (exact) mass is 519 g/mol. The third-order valence-corrected chi connectivity index (χ3v) is 4.93. The number of ether oxygens (including phenoxy) is 7. The molecule has 1 heterocycles. The number of amides is 1.